The van der Waals surface area contributed by atoms with Gasteiger partial charge in [-0.2, -0.15) is 0 Å². The van der Waals surface area contributed by atoms with Crippen LogP contribution in [0.5, 0.6) is 0 Å². The van der Waals surface area contributed by atoms with E-state index in [2.05, 4.69) is 15.0 Å². The van der Waals surface area contributed by atoms with Gasteiger partial charge in [-0.05, 0) is 30.2 Å². The molecule has 0 saturated carbocycles. The molecule has 1 aromatic heterocycles. The van der Waals surface area contributed by atoms with Gasteiger partial charge in [0.1, 0.15) is 0 Å². The molecular weight excluding hydrogens is 460 g/mol. The monoisotopic (exact) mass is 490 g/mol. The van der Waals surface area contributed by atoms with E-state index in [-0.39, 0.29) is 22.5 Å². The van der Waals surface area contributed by atoms with Gasteiger partial charge in [0.2, 0.25) is 0 Å². The third kappa shape index (κ3) is 7.10. The molecular formula is C23H30N4O4S2. The summed E-state index contributed by atoms with van der Waals surface area (Å²) in [6, 6.07) is 17.0. The number of amides is 2. The molecule has 0 radical (unpaired) electrons. The first-order chi connectivity index (χ1) is 15.8. The molecule has 1 heterocycles. The molecule has 0 atom stereocenters. The number of methoxy groups -OCH3 is 1. The molecule has 2 N–H and O–H groups in total. The van der Waals surface area contributed by atoms with Crippen LogP contribution >= 0.6 is 11.3 Å². The maximum absolute atomic E-state index is 12.6. The summed E-state index contributed by atoms with van der Waals surface area (Å²) in [5, 5.41) is 3.08. The summed E-state index contributed by atoms with van der Waals surface area (Å²) in [5.74, 6) is 0. The number of rotatable bonds is 8. The van der Waals surface area contributed by atoms with E-state index >= 15 is 0 Å². The zero-order valence-electron chi connectivity index (χ0n) is 19.5. The molecule has 2 aromatic carbocycles. The summed E-state index contributed by atoms with van der Waals surface area (Å²) in [7, 11) is -0.688. The van der Waals surface area contributed by atoms with E-state index in [0.717, 1.165) is 22.5 Å². The lowest BCUT2D eigenvalue weighted by molar-refractivity contribution is 0.204. The van der Waals surface area contributed by atoms with Gasteiger partial charge in [0.25, 0.3) is 10.0 Å². The van der Waals surface area contributed by atoms with Crippen LogP contribution in [-0.2, 0) is 14.8 Å². The van der Waals surface area contributed by atoms with Gasteiger partial charge in [-0.15, -0.1) is 0 Å². The molecule has 10 heteroatoms. The molecule has 3 rings (SSSR count). The van der Waals surface area contributed by atoms with E-state index in [0.29, 0.717) is 11.4 Å². The van der Waals surface area contributed by atoms with Gasteiger partial charge in [-0.25, -0.2) is 22.9 Å². The maximum atomic E-state index is 12.6. The number of hydrogen-bond donors (Lipinski definition) is 2. The molecule has 2 amide bonds. The van der Waals surface area contributed by atoms with Gasteiger partial charge in [-0.3, -0.25) is 4.90 Å². The van der Waals surface area contributed by atoms with Crippen molar-refractivity contribution in [1.82, 2.24) is 9.71 Å². The fourth-order valence-corrected chi connectivity index (χ4v) is 5.29. The van der Waals surface area contributed by atoms with E-state index in [9.17, 15) is 13.2 Å². The molecule has 0 aliphatic carbocycles. The third-order valence-electron chi connectivity index (χ3n) is 4.42. The lowest BCUT2D eigenvalue weighted by atomic mass is 10.1. The van der Waals surface area contributed by atoms with E-state index < -0.39 is 16.1 Å². The first kappa shape index (κ1) is 26.5. The van der Waals surface area contributed by atoms with Crippen molar-refractivity contribution in [3.8, 4) is 11.1 Å². The summed E-state index contributed by atoms with van der Waals surface area (Å²) >= 11 is 0.934. The maximum Gasteiger partial charge on any atom is 0.327 e. The Bertz CT molecular complexity index is 1130. The molecule has 0 fully saturated rings. The van der Waals surface area contributed by atoms with Crippen molar-refractivity contribution < 1.29 is 17.9 Å². The number of nitrogens with one attached hydrogen (secondary N) is 2. The third-order valence-corrected chi connectivity index (χ3v) is 7.72. The quantitative estimate of drug-likeness (QED) is 0.444. The predicted octanol–water partition coefficient (Wildman–Crippen LogP) is 4.74. The average molecular weight is 491 g/mol. The van der Waals surface area contributed by atoms with Gasteiger partial charge in [0.05, 0.1) is 12.3 Å². The van der Waals surface area contributed by atoms with Gasteiger partial charge in [-0.1, -0.05) is 67.6 Å². The molecule has 178 valence electrons. The van der Waals surface area contributed by atoms with Gasteiger partial charge in [0.15, 0.2) is 9.34 Å². The minimum atomic E-state index is -3.72. The number of thiazole rings is 1. The number of ether oxygens (including phenoxy) is 1. The van der Waals surface area contributed by atoms with Crippen LogP contribution in [0.3, 0.4) is 0 Å². The Kier molecular flexibility index (Phi) is 9.98. The minimum absolute atomic E-state index is 0.0745. The van der Waals surface area contributed by atoms with Crippen LogP contribution in [0, 0.1) is 6.92 Å². The van der Waals surface area contributed by atoms with Crippen molar-refractivity contribution in [2.24, 2.45) is 0 Å². The normalized spacial score (nSPS) is 10.8. The summed E-state index contributed by atoms with van der Waals surface area (Å²) in [6.07, 6.45) is 0. The molecule has 0 bridgehead atoms. The number of sulfonamides is 1. The Morgan fingerprint density at radius 1 is 1.06 bits per heavy atom. The molecule has 0 unspecified atom stereocenters. The molecule has 0 aliphatic rings. The summed E-state index contributed by atoms with van der Waals surface area (Å²) in [5.41, 5.74) is 3.08. The zero-order valence-corrected chi connectivity index (χ0v) is 21.1. The SMILES string of the molecule is CC.COCCNS(=O)(=O)c1sc(N(C)C(=O)Nc2ccc(-c3ccccc3)cc2)nc1C. The number of carbonyl (C=O) groups excluding carboxylic acids is 1. The summed E-state index contributed by atoms with van der Waals surface area (Å²) < 4.78 is 32.3. The average Bonchev–Trinajstić information content (AvgIpc) is 3.23. The van der Waals surface area contributed by atoms with E-state index in [1.807, 2.05) is 68.4 Å². The second-order valence-electron chi connectivity index (χ2n) is 6.69. The smallest absolute Gasteiger partial charge is 0.327 e. The predicted molar refractivity (Wildman–Crippen MR) is 135 cm³/mol. The van der Waals surface area contributed by atoms with Crippen molar-refractivity contribution in [3.05, 3.63) is 60.3 Å². The number of anilines is 2. The van der Waals surface area contributed by atoms with Crippen LogP contribution in [0.2, 0.25) is 0 Å². The van der Waals surface area contributed by atoms with Crippen molar-refractivity contribution >= 4 is 38.2 Å². The highest BCUT2D eigenvalue weighted by Crippen LogP contribution is 2.29. The Hall–Kier alpha value is -2.79. The highest BCUT2D eigenvalue weighted by Gasteiger charge is 2.24. The topological polar surface area (TPSA) is 101 Å². The Labute approximate surface area is 199 Å². The fraction of sp³-hybridized carbons (Fsp3) is 0.304. The van der Waals surface area contributed by atoms with Crippen molar-refractivity contribution in [2.45, 2.75) is 25.0 Å². The summed E-state index contributed by atoms with van der Waals surface area (Å²) in [4.78, 5) is 18.2. The second kappa shape index (κ2) is 12.4. The highest BCUT2D eigenvalue weighted by molar-refractivity contribution is 7.91. The number of hydrogen-bond acceptors (Lipinski definition) is 6. The van der Waals surface area contributed by atoms with Gasteiger partial charge >= 0.3 is 6.03 Å². The molecule has 8 nitrogen and oxygen atoms in total. The number of aromatic nitrogens is 1. The van der Waals surface area contributed by atoms with Crippen LogP contribution in [0.25, 0.3) is 11.1 Å². The molecule has 0 saturated heterocycles. The van der Waals surface area contributed by atoms with Crippen molar-refractivity contribution in [2.75, 3.05) is 37.5 Å². The highest BCUT2D eigenvalue weighted by atomic mass is 32.2. The Morgan fingerprint density at radius 3 is 2.27 bits per heavy atom. The van der Waals surface area contributed by atoms with Gasteiger partial charge in [0, 0.05) is 26.4 Å². The molecule has 33 heavy (non-hydrogen) atoms. The van der Waals surface area contributed by atoms with Crippen LogP contribution in [0.15, 0.2) is 58.8 Å². The number of aryl methyl sites for hydroxylation is 1. The zero-order chi connectivity index (χ0) is 24.4. The number of carbonyl (C=O) groups is 1. The molecule has 0 spiro atoms. The minimum Gasteiger partial charge on any atom is -0.383 e. The van der Waals surface area contributed by atoms with E-state index in [1.54, 1.807) is 14.0 Å². The number of urea groups is 1. The Balaban J connectivity index is 0.00000187. The molecule has 0 aliphatic heterocycles. The lowest BCUT2D eigenvalue weighted by Crippen LogP contribution is -2.31. The largest absolute Gasteiger partial charge is 0.383 e. The van der Waals surface area contributed by atoms with Crippen molar-refractivity contribution in [3.63, 3.8) is 0 Å². The summed E-state index contributed by atoms with van der Waals surface area (Å²) in [6.45, 7) is 6.01. The van der Waals surface area contributed by atoms with Crippen LogP contribution in [0.4, 0.5) is 15.6 Å². The Morgan fingerprint density at radius 2 is 1.67 bits per heavy atom. The number of benzene rings is 2. The van der Waals surface area contributed by atoms with Crippen LogP contribution in [-0.4, -0.2) is 46.7 Å². The fourth-order valence-electron chi connectivity index (χ4n) is 2.78. The van der Waals surface area contributed by atoms with Crippen LogP contribution < -0.4 is 14.9 Å². The lowest BCUT2D eigenvalue weighted by Gasteiger charge is -2.15. The second-order valence-corrected chi connectivity index (χ2v) is 9.63. The molecule has 3 aromatic rings. The van der Waals surface area contributed by atoms with Crippen molar-refractivity contribution in [1.29, 1.82) is 0 Å². The van der Waals surface area contributed by atoms with Crippen LogP contribution in [0.1, 0.15) is 19.5 Å². The van der Waals surface area contributed by atoms with Gasteiger partial charge < -0.3 is 10.1 Å². The standard InChI is InChI=1S/C21H24N4O4S2.C2H6/c1-15-19(31(27,28)22-13-14-29-3)30-21(23-15)25(2)20(26)24-18-11-9-17(10-12-18)16-7-5-4-6-8-16;1-2/h4-12,22H,13-14H2,1-3H3,(H,24,26);1-2H3. The van der Waals surface area contributed by atoms with E-state index in [1.165, 1.54) is 12.0 Å². The van der Waals surface area contributed by atoms with E-state index in [4.69, 9.17) is 4.74 Å². The first-order valence-electron chi connectivity index (χ1n) is 10.5. The first-order valence-corrected chi connectivity index (χ1v) is 12.8. The number of nitrogens with zero attached hydrogens (tertiary/aromatic N) is 2.